The summed E-state index contributed by atoms with van der Waals surface area (Å²) in [6, 6.07) is 6.66. The Kier molecular flexibility index (Phi) is 5.08. The fourth-order valence-corrected chi connectivity index (χ4v) is 2.06. The highest BCUT2D eigenvalue weighted by molar-refractivity contribution is 5.74. The Hall–Kier alpha value is -2.01. The van der Waals surface area contributed by atoms with E-state index < -0.39 is 0 Å². The first-order chi connectivity index (χ1) is 10.4. The van der Waals surface area contributed by atoms with E-state index in [1.807, 2.05) is 20.8 Å². The second kappa shape index (κ2) is 6.83. The van der Waals surface area contributed by atoms with Crippen LogP contribution in [-0.2, 0) is 5.41 Å². The van der Waals surface area contributed by atoms with Crippen LogP contribution in [0.15, 0.2) is 30.5 Å². The zero-order valence-corrected chi connectivity index (χ0v) is 13.4. The molecule has 0 unspecified atom stereocenters. The number of nitrogens with two attached hydrogens (primary N) is 1. The Bertz CT molecular complexity index is 635. The number of rotatable bonds is 5. The molecule has 0 aliphatic rings. The van der Waals surface area contributed by atoms with Gasteiger partial charge < -0.3 is 11.1 Å². The molecule has 0 atom stereocenters. The van der Waals surface area contributed by atoms with Gasteiger partial charge in [-0.25, -0.2) is 14.4 Å². The lowest BCUT2D eigenvalue weighted by atomic mass is 9.95. The Morgan fingerprint density at radius 3 is 2.59 bits per heavy atom. The number of benzene rings is 1. The van der Waals surface area contributed by atoms with Gasteiger partial charge in [0.1, 0.15) is 17.3 Å². The maximum atomic E-state index is 14.2. The van der Waals surface area contributed by atoms with E-state index in [0.717, 1.165) is 12.1 Å². The summed E-state index contributed by atoms with van der Waals surface area (Å²) in [5.41, 5.74) is 7.12. The summed E-state index contributed by atoms with van der Waals surface area (Å²) in [4.78, 5) is 9.03. The average molecular weight is 302 g/mol. The van der Waals surface area contributed by atoms with Crippen LogP contribution in [0.3, 0.4) is 0 Å². The molecule has 0 bridgehead atoms. The van der Waals surface area contributed by atoms with Gasteiger partial charge in [0.25, 0.3) is 0 Å². The van der Waals surface area contributed by atoms with Crippen LogP contribution in [-0.4, -0.2) is 23.1 Å². The maximum absolute atomic E-state index is 14.2. The molecule has 0 spiro atoms. The van der Waals surface area contributed by atoms with E-state index in [9.17, 15) is 4.39 Å². The quantitative estimate of drug-likeness (QED) is 0.831. The molecule has 118 valence electrons. The van der Waals surface area contributed by atoms with Crippen LogP contribution in [0.4, 0.5) is 10.1 Å². The molecule has 5 heteroatoms. The molecular weight excluding hydrogens is 279 g/mol. The lowest BCUT2D eigenvalue weighted by Crippen LogP contribution is -2.18. The van der Waals surface area contributed by atoms with E-state index in [1.54, 1.807) is 24.4 Å². The third-order valence-corrected chi connectivity index (χ3v) is 3.28. The highest BCUT2D eigenvalue weighted by Gasteiger charge is 2.20. The van der Waals surface area contributed by atoms with Crippen LogP contribution in [0, 0.1) is 5.82 Å². The van der Waals surface area contributed by atoms with Crippen molar-refractivity contribution < 1.29 is 4.39 Å². The third-order valence-electron chi connectivity index (χ3n) is 3.28. The van der Waals surface area contributed by atoms with Gasteiger partial charge in [0.2, 0.25) is 0 Å². The number of nitrogens with one attached hydrogen (secondary N) is 1. The van der Waals surface area contributed by atoms with Gasteiger partial charge in [-0.15, -0.1) is 0 Å². The molecule has 22 heavy (non-hydrogen) atoms. The lowest BCUT2D eigenvalue weighted by molar-refractivity contribution is 0.545. The van der Waals surface area contributed by atoms with Crippen molar-refractivity contribution in [2.24, 2.45) is 5.73 Å². The molecule has 0 saturated carbocycles. The molecule has 1 aromatic carbocycles. The van der Waals surface area contributed by atoms with E-state index in [-0.39, 0.29) is 11.2 Å². The van der Waals surface area contributed by atoms with Gasteiger partial charge in [0.05, 0.1) is 11.9 Å². The first kappa shape index (κ1) is 16.4. The fraction of sp³-hybridized carbons (Fsp3) is 0.412. The molecule has 0 aliphatic heterocycles. The average Bonchev–Trinajstić information content (AvgIpc) is 2.47. The fourth-order valence-electron chi connectivity index (χ4n) is 2.06. The van der Waals surface area contributed by atoms with Crippen LogP contribution in [0.2, 0.25) is 0 Å². The van der Waals surface area contributed by atoms with Crippen molar-refractivity contribution in [1.29, 1.82) is 0 Å². The van der Waals surface area contributed by atoms with Crippen LogP contribution >= 0.6 is 0 Å². The van der Waals surface area contributed by atoms with Crippen LogP contribution < -0.4 is 11.1 Å². The van der Waals surface area contributed by atoms with Crippen molar-refractivity contribution in [3.05, 3.63) is 42.1 Å². The van der Waals surface area contributed by atoms with E-state index in [4.69, 9.17) is 5.73 Å². The standard InChI is InChI=1S/C17H23FN4/c1-17(2,3)16-21-11-14(20-10-6-9-19)15(22-16)12-7-4-5-8-13(12)18/h4-5,7-8,11,20H,6,9-10,19H2,1-3H3. The Morgan fingerprint density at radius 1 is 1.23 bits per heavy atom. The maximum Gasteiger partial charge on any atom is 0.134 e. The Labute approximate surface area is 131 Å². The molecule has 0 aliphatic carbocycles. The van der Waals surface area contributed by atoms with Gasteiger partial charge in [-0.3, -0.25) is 0 Å². The summed E-state index contributed by atoms with van der Waals surface area (Å²) < 4.78 is 14.2. The van der Waals surface area contributed by atoms with E-state index >= 15 is 0 Å². The number of hydrogen-bond donors (Lipinski definition) is 2. The smallest absolute Gasteiger partial charge is 0.134 e. The monoisotopic (exact) mass is 302 g/mol. The summed E-state index contributed by atoms with van der Waals surface area (Å²) in [6.07, 6.45) is 2.56. The molecule has 4 nitrogen and oxygen atoms in total. The zero-order valence-electron chi connectivity index (χ0n) is 13.4. The van der Waals surface area contributed by atoms with Gasteiger partial charge in [-0.05, 0) is 25.1 Å². The Balaban J connectivity index is 2.48. The van der Waals surface area contributed by atoms with Crippen molar-refractivity contribution >= 4 is 5.69 Å². The van der Waals surface area contributed by atoms with Crippen LogP contribution in [0.25, 0.3) is 11.3 Å². The molecule has 0 radical (unpaired) electrons. The lowest BCUT2D eigenvalue weighted by Gasteiger charge is -2.19. The van der Waals surface area contributed by atoms with Gasteiger partial charge in [-0.2, -0.15) is 0 Å². The van der Waals surface area contributed by atoms with E-state index in [1.165, 1.54) is 6.07 Å². The molecule has 0 amide bonds. The first-order valence-electron chi connectivity index (χ1n) is 7.50. The predicted molar refractivity (Wildman–Crippen MR) is 88.3 cm³/mol. The summed E-state index contributed by atoms with van der Waals surface area (Å²) in [6.45, 7) is 7.41. The third kappa shape index (κ3) is 3.80. The molecule has 0 saturated heterocycles. The van der Waals surface area contributed by atoms with Crippen molar-refractivity contribution in [2.45, 2.75) is 32.6 Å². The normalized spacial score (nSPS) is 11.5. The second-order valence-electron chi connectivity index (χ2n) is 6.25. The minimum Gasteiger partial charge on any atom is -0.382 e. The number of anilines is 1. The highest BCUT2D eigenvalue weighted by Crippen LogP contribution is 2.30. The van der Waals surface area contributed by atoms with Crippen LogP contribution in [0.1, 0.15) is 33.0 Å². The van der Waals surface area contributed by atoms with Crippen molar-refractivity contribution in [3.8, 4) is 11.3 Å². The SMILES string of the molecule is CC(C)(C)c1ncc(NCCCN)c(-c2ccccc2F)n1. The molecule has 1 heterocycles. The highest BCUT2D eigenvalue weighted by atomic mass is 19.1. The number of nitrogens with zero attached hydrogens (tertiary/aromatic N) is 2. The summed E-state index contributed by atoms with van der Waals surface area (Å²) in [5.74, 6) is 0.401. The predicted octanol–water partition coefficient (Wildman–Crippen LogP) is 3.34. The van der Waals surface area contributed by atoms with Gasteiger partial charge in [-0.1, -0.05) is 32.9 Å². The van der Waals surface area contributed by atoms with Crippen LogP contribution in [0.5, 0.6) is 0 Å². The minimum atomic E-state index is -0.289. The summed E-state index contributed by atoms with van der Waals surface area (Å²) in [5, 5.41) is 3.25. The first-order valence-corrected chi connectivity index (χ1v) is 7.50. The molecule has 3 N–H and O–H groups in total. The second-order valence-corrected chi connectivity index (χ2v) is 6.25. The van der Waals surface area contributed by atoms with Crippen molar-refractivity contribution in [3.63, 3.8) is 0 Å². The van der Waals surface area contributed by atoms with E-state index in [2.05, 4.69) is 15.3 Å². The molecule has 2 rings (SSSR count). The molecule has 1 aromatic heterocycles. The molecule has 2 aromatic rings. The topological polar surface area (TPSA) is 63.8 Å². The minimum absolute atomic E-state index is 0.199. The van der Waals surface area contributed by atoms with Gasteiger partial charge in [0.15, 0.2) is 0 Å². The van der Waals surface area contributed by atoms with Crippen molar-refractivity contribution in [1.82, 2.24) is 9.97 Å². The van der Waals surface area contributed by atoms with Gasteiger partial charge in [0, 0.05) is 17.5 Å². The summed E-state index contributed by atoms with van der Waals surface area (Å²) in [7, 11) is 0. The number of aromatic nitrogens is 2. The van der Waals surface area contributed by atoms with Crippen molar-refractivity contribution in [2.75, 3.05) is 18.4 Å². The summed E-state index contributed by atoms with van der Waals surface area (Å²) >= 11 is 0. The number of hydrogen-bond acceptors (Lipinski definition) is 4. The molecule has 0 fully saturated rings. The largest absolute Gasteiger partial charge is 0.382 e. The number of halogens is 1. The Morgan fingerprint density at radius 2 is 1.95 bits per heavy atom. The zero-order chi connectivity index (χ0) is 16.2. The van der Waals surface area contributed by atoms with Gasteiger partial charge >= 0.3 is 0 Å². The molecular formula is C17H23FN4. The van der Waals surface area contributed by atoms with E-state index in [0.29, 0.717) is 30.2 Å².